The average molecular weight is 590 g/mol. The van der Waals surface area contributed by atoms with E-state index in [1.54, 1.807) is 0 Å². The first-order chi connectivity index (χ1) is 10.7. The lowest BCUT2D eigenvalue weighted by Crippen LogP contribution is -2.39. The molecular formula is C12H14Br4O7. The van der Waals surface area contributed by atoms with Crippen molar-refractivity contribution in [2.75, 3.05) is 21.3 Å². The summed E-state index contributed by atoms with van der Waals surface area (Å²) in [7, 11) is 0. The Morgan fingerprint density at radius 1 is 0.652 bits per heavy atom. The normalized spacial score (nSPS) is 16.0. The van der Waals surface area contributed by atoms with Crippen LogP contribution < -0.4 is 0 Å². The quantitative estimate of drug-likeness (QED) is 0.228. The summed E-state index contributed by atoms with van der Waals surface area (Å²) in [5.41, 5.74) is 0. The van der Waals surface area contributed by atoms with Crippen molar-refractivity contribution in [3.05, 3.63) is 0 Å². The molecule has 23 heavy (non-hydrogen) atoms. The van der Waals surface area contributed by atoms with Gasteiger partial charge in [0.25, 0.3) is 0 Å². The molecule has 0 aromatic heterocycles. The van der Waals surface area contributed by atoms with E-state index >= 15 is 0 Å². The standard InChI is InChI=1S/C12H14Br4O7/c13-1-5(9(17)18)7(3-15)11(21)23-12(22)8(4-16)6(2-14)10(19)20/h5-8H,1-4H2,(H,17,18)(H,19,20). The molecule has 0 bridgehead atoms. The van der Waals surface area contributed by atoms with Crippen LogP contribution >= 0.6 is 63.7 Å². The number of carboxylic acids is 2. The zero-order valence-corrected chi connectivity index (χ0v) is 17.9. The smallest absolute Gasteiger partial charge is 0.318 e. The van der Waals surface area contributed by atoms with Crippen LogP contribution in [-0.4, -0.2) is 55.4 Å². The first kappa shape index (κ1) is 23.0. The molecule has 4 unspecified atom stereocenters. The molecule has 0 amide bonds. The highest BCUT2D eigenvalue weighted by Crippen LogP contribution is 2.23. The van der Waals surface area contributed by atoms with Gasteiger partial charge in [0.05, 0.1) is 23.7 Å². The minimum absolute atomic E-state index is 0.00289. The number of carboxylic acid groups (broad SMARTS) is 2. The van der Waals surface area contributed by atoms with Crippen molar-refractivity contribution in [2.45, 2.75) is 0 Å². The molecule has 0 aliphatic rings. The molecule has 0 rings (SSSR count). The third kappa shape index (κ3) is 6.79. The average Bonchev–Trinajstić information content (AvgIpc) is 2.48. The van der Waals surface area contributed by atoms with E-state index in [9.17, 15) is 19.2 Å². The Hall–Kier alpha value is -0.000000000000000222. The lowest BCUT2D eigenvalue weighted by atomic mass is 9.95. The molecule has 0 aromatic rings. The molecular weight excluding hydrogens is 576 g/mol. The summed E-state index contributed by atoms with van der Waals surface area (Å²) in [5, 5.41) is 18.1. The van der Waals surface area contributed by atoms with Crippen molar-refractivity contribution >= 4 is 87.6 Å². The maximum atomic E-state index is 12.1. The highest BCUT2D eigenvalue weighted by molar-refractivity contribution is 9.09. The maximum Gasteiger partial charge on any atom is 0.318 e. The number of halogens is 4. The zero-order valence-electron chi connectivity index (χ0n) is 11.6. The van der Waals surface area contributed by atoms with Crippen molar-refractivity contribution in [3.63, 3.8) is 0 Å². The van der Waals surface area contributed by atoms with Gasteiger partial charge in [0.15, 0.2) is 0 Å². The van der Waals surface area contributed by atoms with Crippen molar-refractivity contribution in [1.82, 2.24) is 0 Å². The Labute approximate surface area is 166 Å². The van der Waals surface area contributed by atoms with Gasteiger partial charge in [0, 0.05) is 21.3 Å². The van der Waals surface area contributed by atoms with Gasteiger partial charge in [-0.25, -0.2) is 0 Å². The summed E-state index contributed by atoms with van der Waals surface area (Å²) in [6.45, 7) is 0. The number of esters is 2. The molecule has 0 aliphatic carbocycles. The molecule has 2 N–H and O–H groups in total. The zero-order chi connectivity index (χ0) is 18.2. The highest BCUT2D eigenvalue weighted by atomic mass is 79.9. The Bertz CT molecular complexity index is 417. The van der Waals surface area contributed by atoms with Gasteiger partial charge >= 0.3 is 23.9 Å². The van der Waals surface area contributed by atoms with Crippen molar-refractivity contribution in [2.24, 2.45) is 23.7 Å². The maximum absolute atomic E-state index is 12.1. The molecule has 11 heteroatoms. The van der Waals surface area contributed by atoms with Crippen molar-refractivity contribution in [3.8, 4) is 0 Å². The van der Waals surface area contributed by atoms with Gasteiger partial charge in [-0.2, -0.15) is 0 Å². The van der Waals surface area contributed by atoms with Gasteiger partial charge < -0.3 is 14.9 Å². The molecule has 0 aromatic carbocycles. The van der Waals surface area contributed by atoms with Crippen molar-refractivity contribution < 1.29 is 34.1 Å². The fourth-order valence-electron chi connectivity index (χ4n) is 1.61. The number of carbonyl (C=O) groups is 4. The van der Waals surface area contributed by atoms with Crippen LogP contribution in [0.4, 0.5) is 0 Å². The van der Waals surface area contributed by atoms with Crippen LogP contribution in [0.2, 0.25) is 0 Å². The molecule has 0 fully saturated rings. The number of aliphatic carboxylic acids is 2. The molecule has 4 atom stereocenters. The summed E-state index contributed by atoms with van der Waals surface area (Å²) >= 11 is 12.1. The number of rotatable bonds is 10. The predicted octanol–water partition coefficient (Wildman–Crippen LogP) is 2.27. The molecule has 0 spiro atoms. The number of carbonyl (C=O) groups excluding carboxylic acids is 2. The van der Waals surface area contributed by atoms with E-state index in [0.29, 0.717) is 0 Å². The molecule has 0 saturated heterocycles. The number of ether oxygens (including phenoxy) is 1. The van der Waals surface area contributed by atoms with Crippen LogP contribution in [0.5, 0.6) is 0 Å². The van der Waals surface area contributed by atoms with Crippen LogP contribution in [0, 0.1) is 23.7 Å². The number of alkyl halides is 4. The molecule has 0 aliphatic heterocycles. The third-order valence-electron chi connectivity index (χ3n) is 3.08. The van der Waals surface area contributed by atoms with Crippen LogP contribution in [0.15, 0.2) is 0 Å². The molecule has 132 valence electrons. The summed E-state index contributed by atoms with van der Waals surface area (Å²) < 4.78 is 4.72. The van der Waals surface area contributed by atoms with Gasteiger partial charge in [-0.05, 0) is 0 Å². The second-order valence-electron chi connectivity index (χ2n) is 4.46. The SMILES string of the molecule is O=C(O)C(CBr)C(CBr)C(=O)OC(=O)C(CBr)C(CBr)C(=O)O. The van der Waals surface area contributed by atoms with Crippen LogP contribution in [0.1, 0.15) is 0 Å². The molecule has 7 nitrogen and oxygen atoms in total. The Balaban J connectivity index is 5.13. The second kappa shape index (κ2) is 11.5. The fourth-order valence-corrected chi connectivity index (χ4v) is 4.50. The van der Waals surface area contributed by atoms with E-state index in [0.717, 1.165) is 0 Å². The Morgan fingerprint density at radius 3 is 1.09 bits per heavy atom. The van der Waals surface area contributed by atoms with Crippen LogP contribution in [-0.2, 0) is 23.9 Å². The predicted molar refractivity (Wildman–Crippen MR) is 95.5 cm³/mol. The number of hydrogen-bond acceptors (Lipinski definition) is 5. The van der Waals surface area contributed by atoms with Crippen LogP contribution in [0.25, 0.3) is 0 Å². The topological polar surface area (TPSA) is 118 Å². The van der Waals surface area contributed by atoms with Crippen molar-refractivity contribution in [1.29, 1.82) is 0 Å². The lowest BCUT2D eigenvalue weighted by molar-refractivity contribution is -0.170. The Morgan fingerprint density at radius 2 is 0.913 bits per heavy atom. The van der Waals surface area contributed by atoms with Gasteiger partial charge in [0.2, 0.25) is 0 Å². The van der Waals surface area contributed by atoms with Crippen LogP contribution in [0.3, 0.4) is 0 Å². The summed E-state index contributed by atoms with van der Waals surface area (Å²) in [6, 6.07) is 0. The van der Waals surface area contributed by atoms with Gasteiger partial charge in [-0.3, -0.25) is 19.2 Å². The van der Waals surface area contributed by atoms with Gasteiger partial charge in [-0.1, -0.05) is 63.7 Å². The van der Waals surface area contributed by atoms with Gasteiger partial charge in [-0.15, -0.1) is 0 Å². The first-order valence-electron chi connectivity index (χ1n) is 6.20. The van der Waals surface area contributed by atoms with E-state index in [-0.39, 0.29) is 21.3 Å². The highest BCUT2D eigenvalue weighted by Gasteiger charge is 2.38. The lowest BCUT2D eigenvalue weighted by Gasteiger charge is -2.21. The van der Waals surface area contributed by atoms with E-state index in [4.69, 9.17) is 14.9 Å². The largest absolute Gasteiger partial charge is 0.481 e. The molecule has 0 heterocycles. The minimum Gasteiger partial charge on any atom is -0.481 e. The summed E-state index contributed by atoms with van der Waals surface area (Å²) in [5.74, 6) is -8.77. The molecule has 0 saturated carbocycles. The minimum atomic E-state index is -1.21. The fraction of sp³-hybridized carbons (Fsp3) is 0.667. The Kier molecular flexibility index (Phi) is 11.5. The molecule has 0 radical (unpaired) electrons. The monoisotopic (exact) mass is 586 g/mol. The third-order valence-corrected chi connectivity index (χ3v) is 5.87. The second-order valence-corrected chi connectivity index (χ2v) is 7.05. The van der Waals surface area contributed by atoms with E-state index in [2.05, 4.69) is 63.7 Å². The number of hydrogen-bond donors (Lipinski definition) is 2. The van der Waals surface area contributed by atoms with Gasteiger partial charge in [0.1, 0.15) is 0 Å². The first-order valence-corrected chi connectivity index (χ1v) is 10.7. The summed E-state index contributed by atoms with van der Waals surface area (Å²) in [6.07, 6.45) is 0. The van der Waals surface area contributed by atoms with E-state index in [1.807, 2.05) is 0 Å². The summed E-state index contributed by atoms with van der Waals surface area (Å²) in [4.78, 5) is 46.4. The van der Waals surface area contributed by atoms with E-state index < -0.39 is 47.5 Å². The van der Waals surface area contributed by atoms with E-state index in [1.165, 1.54) is 0 Å².